The first-order chi connectivity index (χ1) is 9.02. The van der Waals surface area contributed by atoms with Gasteiger partial charge in [0.25, 0.3) is 5.69 Å². The van der Waals surface area contributed by atoms with E-state index in [2.05, 4.69) is 16.8 Å². The zero-order valence-corrected chi connectivity index (χ0v) is 11.7. The third kappa shape index (κ3) is 2.90. The van der Waals surface area contributed by atoms with E-state index >= 15 is 0 Å². The summed E-state index contributed by atoms with van der Waals surface area (Å²) in [5, 5.41) is 11.2. The van der Waals surface area contributed by atoms with E-state index in [0.717, 1.165) is 31.9 Å². The number of ether oxygens (including phenoxy) is 1. The molecular formula is C12H16ClN3O3. The van der Waals surface area contributed by atoms with Crippen molar-refractivity contribution in [2.24, 2.45) is 0 Å². The Labute approximate surface area is 116 Å². The van der Waals surface area contributed by atoms with E-state index in [4.69, 9.17) is 16.3 Å². The third-order valence-corrected chi connectivity index (χ3v) is 3.55. The maximum atomic E-state index is 10.8. The molecule has 0 unspecified atom stereocenters. The molecule has 0 saturated carbocycles. The molecule has 0 aliphatic carbocycles. The van der Waals surface area contributed by atoms with Crippen molar-refractivity contribution in [3.8, 4) is 5.75 Å². The molecule has 0 spiro atoms. The number of hydrogen-bond acceptors (Lipinski definition) is 5. The van der Waals surface area contributed by atoms with Crippen molar-refractivity contribution in [2.45, 2.75) is 0 Å². The van der Waals surface area contributed by atoms with Crippen LogP contribution in [0.15, 0.2) is 12.1 Å². The number of nitrogens with zero attached hydrogens (tertiary/aromatic N) is 3. The summed E-state index contributed by atoms with van der Waals surface area (Å²) in [6, 6.07) is 2.79. The van der Waals surface area contributed by atoms with Gasteiger partial charge in [0.05, 0.1) is 28.8 Å². The molecular weight excluding hydrogens is 270 g/mol. The highest BCUT2D eigenvalue weighted by atomic mass is 35.5. The first-order valence-electron chi connectivity index (χ1n) is 5.98. The van der Waals surface area contributed by atoms with E-state index in [1.54, 1.807) is 0 Å². The van der Waals surface area contributed by atoms with Crippen LogP contribution in [0.5, 0.6) is 5.75 Å². The minimum atomic E-state index is -0.470. The standard InChI is InChI=1S/C12H16ClN3O3/c1-14-3-5-15(6-4-14)12-10(13)7-9(16(17)18)8-11(12)19-2/h7-8H,3-6H2,1-2H3. The van der Waals surface area contributed by atoms with Crippen LogP contribution in [0.1, 0.15) is 0 Å². The first kappa shape index (κ1) is 13.9. The van der Waals surface area contributed by atoms with Crippen LogP contribution in [0.2, 0.25) is 5.02 Å². The highest BCUT2D eigenvalue weighted by Gasteiger charge is 2.23. The van der Waals surface area contributed by atoms with Gasteiger partial charge in [-0.1, -0.05) is 11.6 Å². The number of non-ortho nitro benzene ring substituents is 1. The van der Waals surface area contributed by atoms with Gasteiger partial charge in [-0.15, -0.1) is 0 Å². The zero-order chi connectivity index (χ0) is 14.0. The fourth-order valence-corrected chi connectivity index (χ4v) is 2.48. The molecule has 0 atom stereocenters. The molecule has 1 aromatic carbocycles. The Morgan fingerprint density at radius 2 is 1.95 bits per heavy atom. The van der Waals surface area contributed by atoms with Gasteiger partial charge in [0.2, 0.25) is 0 Å². The van der Waals surface area contributed by atoms with Crippen molar-refractivity contribution in [2.75, 3.05) is 45.2 Å². The second kappa shape index (κ2) is 5.63. The van der Waals surface area contributed by atoms with E-state index in [1.807, 2.05) is 0 Å². The quantitative estimate of drug-likeness (QED) is 0.628. The summed E-state index contributed by atoms with van der Waals surface area (Å²) in [7, 11) is 3.56. The van der Waals surface area contributed by atoms with Gasteiger partial charge in [-0.05, 0) is 7.05 Å². The molecule has 1 saturated heterocycles. The maximum Gasteiger partial charge on any atom is 0.274 e. The number of nitro benzene ring substituents is 1. The van der Waals surface area contributed by atoms with Gasteiger partial charge in [0.15, 0.2) is 5.75 Å². The summed E-state index contributed by atoms with van der Waals surface area (Å²) in [5.41, 5.74) is 0.683. The van der Waals surface area contributed by atoms with Crippen LogP contribution in [0.3, 0.4) is 0 Å². The van der Waals surface area contributed by atoms with Gasteiger partial charge in [0, 0.05) is 32.2 Å². The van der Waals surface area contributed by atoms with Crippen LogP contribution in [-0.4, -0.2) is 50.2 Å². The van der Waals surface area contributed by atoms with Gasteiger partial charge in [-0.2, -0.15) is 0 Å². The molecule has 6 nitrogen and oxygen atoms in total. The summed E-state index contributed by atoms with van der Waals surface area (Å²) in [5.74, 6) is 0.448. The second-order valence-corrected chi connectivity index (χ2v) is 4.93. The molecule has 0 radical (unpaired) electrons. The van der Waals surface area contributed by atoms with E-state index < -0.39 is 4.92 Å². The highest BCUT2D eigenvalue weighted by molar-refractivity contribution is 6.34. The van der Waals surface area contributed by atoms with Gasteiger partial charge in [-0.25, -0.2) is 0 Å². The van der Waals surface area contributed by atoms with Crippen molar-refractivity contribution >= 4 is 23.0 Å². The summed E-state index contributed by atoms with van der Waals surface area (Å²) >= 11 is 6.19. The highest BCUT2D eigenvalue weighted by Crippen LogP contribution is 2.39. The number of rotatable bonds is 3. The van der Waals surface area contributed by atoms with Crippen LogP contribution in [0.4, 0.5) is 11.4 Å². The third-order valence-electron chi connectivity index (χ3n) is 3.26. The molecule has 0 aromatic heterocycles. The molecule has 19 heavy (non-hydrogen) atoms. The summed E-state index contributed by atoms with van der Waals surface area (Å²) in [6.07, 6.45) is 0. The van der Waals surface area contributed by atoms with Gasteiger partial charge in [-0.3, -0.25) is 10.1 Å². The maximum absolute atomic E-state index is 10.8. The Hall–Kier alpha value is -1.53. The minimum absolute atomic E-state index is 0.0558. The number of methoxy groups -OCH3 is 1. The fraction of sp³-hybridized carbons (Fsp3) is 0.500. The molecule has 1 heterocycles. The summed E-state index contributed by atoms with van der Waals surface area (Å²) in [4.78, 5) is 14.7. The number of halogens is 1. The van der Waals surface area contributed by atoms with Gasteiger partial charge in [0.1, 0.15) is 0 Å². The molecule has 0 amide bonds. The van der Waals surface area contributed by atoms with Crippen molar-refractivity contribution in [1.82, 2.24) is 4.90 Å². The lowest BCUT2D eigenvalue weighted by Gasteiger charge is -2.35. The molecule has 1 aromatic rings. The Bertz CT molecular complexity index is 487. The van der Waals surface area contributed by atoms with E-state index in [1.165, 1.54) is 19.2 Å². The smallest absolute Gasteiger partial charge is 0.274 e. The Morgan fingerprint density at radius 1 is 1.32 bits per heavy atom. The van der Waals surface area contributed by atoms with Crippen molar-refractivity contribution in [3.63, 3.8) is 0 Å². The van der Waals surface area contributed by atoms with E-state index in [-0.39, 0.29) is 5.69 Å². The SMILES string of the molecule is COc1cc([N+](=O)[O-])cc(Cl)c1N1CCN(C)CC1. The van der Waals surface area contributed by atoms with Gasteiger partial charge >= 0.3 is 0 Å². The van der Waals surface area contributed by atoms with Crippen molar-refractivity contribution in [1.29, 1.82) is 0 Å². The Morgan fingerprint density at radius 3 is 2.47 bits per heavy atom. The lowest BCUT2D eigenvalue weighted by molar-refractivity contribution is -0.384. The van der Waals surface area contributed by atoms with Crippen molar-refractivity contribution < 1.29 is 9.66 Å². The number of piperazine rings is 1. The topological polar surface area (TPSA) is 58.9 Å². The fourth-order valence-electron chi connectivity index (χ4n) is 2.16. The molecule has 1 aliphatic heterocycles. The zero-order valence-electron chi connectivity index (χ0n) is 10.9. The molecule has 0 bridgehead atoms. The average molecular weight is 286 g/mol. The number of anilines is 1. The molecule has 104 valence electrons. The monoisotopic (exact) mass is 285 g/mol. The summed E-state index contributed by atoms with van der Waals surface area (Å²) < 4.78 is 5.25. The molecule has 7 heteroatoms. The normalized spacial score (nSPS) is 16.5. The molecule has 2 rings (SSSR count). The van der Waals surface area contributed by atoms with Crippen LogP contribution in [-0.2, 0) is 0 Å². The lowest BCUT2D eigenvalue weighted by Crippen LogP contribution is -2.44. The molecule has 1 aliphatic rings. The van der Waals surface area contributed by atoms with Crippen molar-refractivity contribution in [3.05, 3.63) is 27.3 Å². The van der Waals surface area contributed by atoms with E-state index in [9.17, 15) is 10.1 Å². The number of benzene rings is 1. The molecule has 0 N–H and O–H groups in total. The molecule has 1 fully saturated rings. The van der Waals surface area contributed by atoms with Gasteiger partial charge < -0.3 is 14.5 Å². The van der Waals surface area contributed by atoms with Crippen LogP contribution in [0.25, 0.3) is 0 Å². The number of hydrogen-bond donors (Lipinski definition) is 0. The number of likely N-dealkylation sites (N-methyl/N-ethyl adjacent to an activating group) is 1. The minimum Gasteiger partial charge on any atom is -0.494 e. The van der Waals surface area contributed by atoms with Crippen LogP contribution < -0.4 is 9.64 Å². The lowest BCUT2D eigenvalue weighted by atomic mass is 10.2. The van der Waals surface area contributed by atoms with Crippen LogP contribution >= 0.6 is 11.6 Å². The Kier molecular flexibility index (Phi) is 4.11. The first-order valence-corrected chi connectivity index (χ1v) is 6.36. The predicted molar refractivity (Wildman–Crippen MR) is 74.4 cm³/mol. The number of nitro groups is 1. The average Bonchev–Trinajstić information content (AvgIpc) is 2.39. The van der Waals surface area contributed by atoms with E-state index in [0.29, 0.717) is 10.8 Å². The Balaban J connectivity index is 2.36. The second-order valence-electron chi connectivity index (χ2n) is 4.53. The summed E-state index contributed by atoms with van der Waals surface area (Å²) in [6.45, 7) is 3.50. The predicted octanol–water partition coefficient (Wildman–Crippen LogP) is 2.01. The largest absolute Gasteiger partial charge is 0.494 e. The van der Waals surface area contributed by atoms with Crippen LogP contribution in [0, 0.1) is 10.1 Å².